The largest absolute Gasteiger partial charge is 0.496 e. The van der Waals surface area contributed by atoms with Crippen molar-refractivity contribution < 1.29 is 4.74 Å². The number of aromatic amines is 2. The molecule has 0 saturated heterocycles. The van der Waals surface area contributed by atoms with Crippen molar-refractivity contribution in [2.24, 2.45) is 4.99 Å². The Bertz CT molecular complexity index is 1120. The number of fused-ring (bicyclic) bond motifs is 2. The van der Waals surface area contributed by atoms with Crippen molar-refractivity contribution in [3.8, 4) is 5.75 Å². The lowest BCUT2D eigenvalue weighted by Gasteiger charge is -2.08. The second kappa shape index (κ2) is 5.70. The molecule has 0 unspecified atom stereocenters. The van der Waals surface area contributed by atoms with Gasteiger partial charge in [-0.2, -0.15) is 0 Å². The van der Waals surface area contributed by atoms with Gasteiger partial charge < -0.3 is 14.7 Å². The highest BCUT2D eigenvalue weighted by Crippen LogP contribution is 2.27. The van der Waals surface area contributed by atoms with E-state index < -0.39 is 0 Å². The topological polar surface area (TPSA) is 70.2 Å². The zero-order valence-electron chi connectivity index (χ0n) is 13.0. The molecule has 0 amide bonds. The van der Waals surface area contributed by atoms with Gasteiger partial charge in [0.2, 0.25) is 0 Å². The van der Waals surface area contributed by atoms with Crippen molar-refractivity contribution in [3.63, 3.8) is 0 Å². The zero-order valence-corrected chi connectivity index (χ0v) is 13.0. The Morgan fingerprint density at radius 2 is 1.83 bits per heavy atom. The Morgan fingerprint density at radius 1 is 1.00 bits per heavy atom. The summed E-state index contributed by atoms with van der Waals surface area (Å²) in [6.07, 6.45) is 1.80. The van der Waals surface area contributed by atoms with Gasteiger partial charge in [-0.25, -0.2) is 4.79 Å². The van der Waals surface area contributed by atoms with Gasteiger partial charge in [-0.1, -0.05) is 30.3 Å². The van der Waals surface area contributed by atoms with Crippen LogP contribution < -0.4 is 10.4 Å². The van der Waals surface area contributed by atoms with Crippen LogP contribution in [-0.2, 0) is 0 Å². The van der Waals surface area contributed by atoms with Gasteiger partial charge >= 0.3 is 5.69 Å². The molecule has 2 N–H and O–H groups in total. The highest BCUT2D eigenvalue weighted by molar-refractivity contribution is 6.03. The summed E-state index contributed by atoms with van der Waals surface area (Å²) in [7, 11) is 1.65. The summed E-state index contributed by atoms with van der Waals surface area (Å²) in [6.45, 7) is 0. The molecule has 1 heterocycles. The second-order valence-electron chi connectivity index (χ2n) is 5.47. The third kappa shape index (κ3) is 2.46. The van der Waals surface area contributed by atoms with Crippen LogP contribution in [0.1, 0.15) is 5.56 Å². The van der Waals surface area contributed by atoms with E-state index in [4.69, 9.17) is 4.74 Å². The molecule has 0 aliphatic heterocycles. The summed E-state index contributed by atoms with van der Waals surface area (Å²) in [5.41, 5.74) is 2.97. The Labute approximate surface area is 137 Å². The molecule has 1 aromatic heterocycles. The maximum absolute atomic E-state index is 11.3. The molecule has 4 rings (SSSR count). The van der Waals surface area contributed by atoms with Crippen LogP contribution in [0.5, 0.6) is 5.75 Å². The van der Waals surface area contributed by atoms with E-state index in [1.165, 1.54) is 0 Å². The fraction of sp³-hybridized carbons (Fsp3) is 0.0526. The van der Waals surface area contributed by atoms with Crippen molar-refractivity contribution in [3.05, 3.63) is 70.6 Å². The van der Waals surface area contributed by atoms with Crippen LogP contribution in [0.25, 0.3) is 21.8 Å². The predicted molar refractivity (Wildman–Crippen MR) is 96.7 cm³/mol. The summed E-state index contributed by atoms with van der Waals surface area (Å²) < 4.78 is 5.47. The van der Waals surface area contributed by atoms with Gasteiger partial charge in [0, 0.05) is 11.8 Å². The number of benzene rings is 3. The molecule has 0 atom stereocenters. The third-order valence-electron chi connectivity index (χ3n) is 3.99. The van der Waals surface area contributed by atoms with Crippen molar-refractivity contribution in [1.29, 1.82) is 0 Å². The molecule has 24 heavy (non-hydrogen) atoms. The fourth-order valence-electron chi connectivity index (χ4n) is 2.83. The normalized spacial score (nSPS) is 11.5. The number of H-pyrrole nitrogens is 2. The van der Waals surface area contributed by atoms with E-state index in [2.05, 4.69) is 21.0 Å². The molecule has 5 nitrogen and oxygen atoms in total. The monoisotopic (exact) mass is 317 g/mol. The molecule has 0 fully saturated rings. The minimum atomic E-state index is -0.221. The Morgan fingerprint density at radius 3 is 2.71 bits per heavy atom. The number of hydrogen-bond donors (Lipinski definition) is 2. The van der Waals surface area contributed by atoms with Crippen molar-refractivity contribution in [2.45, 2.75) is 0 Å². The minimum absolute atomic E-state index is 0.221. The molecular weight excluding hydrogens is 302 g/mol. The molecule has 0 bridgehead atoms. The molecule has 0 spiro atoms. The van der Waals surface area contributed by atoms with E-state index in [0.717, 1.165) is 38.8 Å². The maximum Gasteiger partial charge on any atom is 0.323 e. The van der Waals surface area contributed by atoms with Crippen molar-refractivity contribution in [2.75, 3.05) is 7.11 Å². The smallest absolute Gasteiger partial charge is 0.323 e. The van der Waals surface area contributed by atoms with Crippen LogP contribution in [0.15, 0.2) is 64.4 Å². The molecule has 5 heteroatoms. The molecule has 0 saturated carbocycles. The Balaban J connectivity index is 1.81. The molecular formula is C19H15N3O2. The van der Waals surface area contributed by atoms with E-state index in [-0.39, 0.29) is 5.69 Å². The average Bonchev–Trinajstić information content (AvgIpc) is 2.98. The van der Waals surface area contributed by atoms with Gasteiger partial charge in [-0.05, 0) is 35.0 Å². The number of imidazole rings is 1. The first-order valence-electron chi connectivity index (χ1n) is 7.56. The number of aliphatic imine (C=N–C) groups is 1. The standard InChI is InChI=1S/C19H15N3O2/c1-24-18-9-6-12-4-2-3-5-14(12)15(18)11-20-13-7-8-16-17(10-13)22-19(23)21-16/h2-11H,1H3,(H2,21,22,23). The number of methoxy groups -OCH3 is 1. The highest BCUT2D eigenvalue weighted by atomic mass is 16.5. The van der Waals surface area contributed by atoms with Gasteiger partial charge in [-0.3, -0.25) is 4.99 Å². The lowest BCUT2D eigenvalue weighted by molar-refractivity contribution is 0.415. The molecule has 0 radical (unpaired) electrons. The van der Waals surface area contributed by atoms with Crippen LogP contribution in [0.4, 0.5) is 5.69 Å². The maximum atomic E-state index is 11.3. The lowest BCUT2D eigenvalue weighted by atomic mass is 10.0. The van der Waals surface area contributed by atoms with Gasteiger partial charge in [-0.15, -0.1) is 0 Å². The Hall–Kier alpha value is -3.34. The van der Waals surface area contributed by atoms with Gasteiger partial charge in [0.1, 0.15) is 5.75 Å². The number of rotatable bonds is 3. The number of nitrogens with zero attached hydrogens (tertiary/aromatic N) is 1. The van der Waals surface area contributed by atoms with Crippen molar-refractivity contribution >= 4 is 33.7 Å². The summed E-state index contributed by atoms with van der Waals surface area (Å²) in [5.74, 6) is 0.772. The van der Waals surface area contributed by atoms with Crippen LogP contribution in [0, 0.1) is 0 Å². The van der Waals surface area contributed by atoms with E-state index in [1.807, 2.05) is 48.5 Å². The van der Waals surface area contributed by atoms with Gasteiger partial charge in [0.15, 0.2) is 0 Å². The summed E-state index contributed by atoms with van der Waals surface area (Å²) in [4.78, 5) is 21.4. The van der Waals surface area contributed by atoms with Crippen LogP contribution in [-0.4, -0.2) is 23.3 Å². The number of hydrogen-bond acceptors (Lipinski definition) is 3. The lowest BCUT2D eigenvalue weighted by Crippen LogP contribution is -1.99. The summed E-state index contributed by atoms with van der Waals surface area (Å²) >= 11 is 0. The van der Waals surface area contributed by atoms with Gasteiger partial charge in [0.25, 0.3) is 0 Å². The zero-order chi connectivity index (χ0) is 16.5. The minimum Gasteiger partial charge on any atom is -0.496 e. The van der Waals surface area contributed by atoms with E-state index in [9.17, 15) is 4.79 Å². The fourth-order valence-corrected chi connectivity index (χ4v) is 2.83. The first kappa shape index (κ1) is 14.3. The molecule has 118 valence electrons. The van der Waals surface area contributed by atoms with Crippen LogP contribution in [0.3, 0.4) is 0 Å². The van der Waals surface area contributed by atoms with Crippen LogP contribution in [0.2, 0.25) is 0 Å². The average molecular weight is 317 g/mol. The second-order valence-corrected chi connectivity index (χ2v) is 5.47. The van der Waals surface area contributed by atoms with Crippen molar-refractivity contribution in [1.82, 2.24) is 9.97 Å². The molecule has 0 aliphatic rings. The molecule has 0 aliphatic carbocycles. The summed E-state index contributed by atoms with van der Waals surface area (Å²) in [5, 5.41) is 2.21. The molecule has 4 aromatic rings. The quantitative estimate of drug-likeness (QED) is 0.565. The van der Waals surface area contributed by atoms with E-state index >= 15 is 0 Å². The summed E-state index contributed by atoms with van der Waals surface area (Å²) in [6, 6.07) is 17.6. The van der Waals surface area contributed by atoms with E-state index in [0.29, 0.717) is 0 Å². The number of nitrogens with one attached hydrogen (secondary N) is 2. The highest BCUT2D eigenvalue weighted by Gasteiger charge is 2.06. The van der Waals surface area contributed by atoms with Gasteiger partial charge in [0.05, 0.1) is 23.8 Å². The predicted octanol–water partition coefficient (Wildman–Crippen LogP) is 3.77. The molecule has 3 aromatic carbocycles. The van der Waals surface area contributed by atoms with E-state index in [1.54, 1.807) is 13.3 Å². The van der Waals surface area contributed by atoms with Crippen LogP contribution >= 0.6 is 0 Å². The first-order chi connectivity index (χ1) is 11.7. The first-order valence-corrected chi connectivity index (χ1v) is 7.56. The number of aromatic nitrogens is 2. The number of ether oxygens (including phenoxy) is 1. The third-order valence-corrected chi connectivity index (χ3v) is 3.99. The SMILES string of the molecule is COc1ccc2ccccc2c1C=Nc1ccc2[nH]c(=O)[nH]c2c1. The Kier molecular flexibility index (Phi) is 3.39.